The second-order valence-electron chi connectivity index (χ2n) is 6.58. The van der Waals surface area contributed by atoms with Crippen LogP contribution in [0.4, 0.5) is 11.4 Å². The van der Waals surface area contributed by atoms with Crippen molar-refractivity contribution in [3.05, 3.63) is 58.4 Å². The first kappa shape index (κ1) is 21.5. The molecule has 0 aliphatic carbocycles. The zero-order chi connectivity index (χ0) is 21.1. The van der Waals surface area contributed by atoms with E-state index in [1.807, 2.05) is 62.3 Å². The molecule has 0 saturated heterocycles. The molecule has 0 spiro atoms. The van der Waals surface area contributed by atoms with Crippen LogP contribution in [0.25, 0.3) is 21.6 Å². The SMILES string of the molecule is CCC(=O)c1sc(-c2ccc(Cl)cc2)c(N(C)C)c1-c1ccc(NS(=O)[O-])cc1. The minimum atomic E-state index is -2.39. The molecule has 0 bridgehead atoms. The molecule has 3 aromatic rings. The Bertz CT molecular complexity index is 1050. The monoisotopic (exact) mass is 447 g/mol. The Morgan fingerprint density at radius 2 is 1.69 bits per heavy atom. The van der Waals surface area contributed by atoms with Gasteiger partial charge in [0.1, 0.15) is 0 Å². The van der Waals surface area contributed by atoms with Crippen LogP contribution in [0, 0.1) is 0 Å². The molecule has 0 aliphatic rings. The Kier molecular flexibility index (Phi) is 6.74. The minimum Gasteiger partial charge on any atom is -0.755 e. The van der Waals surface area contributed by atoms with E-state index >= 15 is 0 Å². The van der Waals surface area contributed by atoms with Crippen LogP contribution in [-0.2, 0) is 11.3 Å². The van der Waals surface area contributed by atoms with Crippen molar-refractivity contribution in [2.24, 2.45) is 0 Å². The van der Waals surface area contributed by atoms with E-state index in [-0.39, 0.29) is 5.78 Å². The number of halogens is 1. The Morgan fingerprint density at radius 1 is 1.10 bits per heavy atom. The number of hydrogen-bond donors (Lipinski definition) is 1. The van der Waals surface area contributed by atoms with E-state index in [0.717, 1.165) is 27.3 Å². The molecule has 0 amide bonds. The zero-order valence-corrected chi connectivity index (χ0v) is 18.6. The van der Waals surface area contributed by atoms with Crippen LogP contribution in [0.3, 0.4) is 0 Å². The molecule has 0 aliphatic heterocycles. The normalized spacial score (nSPS) is 11.9. The van der Waals surface area contributed by atoms with Gasteiger partial charge in [-0.05, 0) is 35.4 Å². The van der Waals surface area contributed by atoms with Crippen LogP contribution in [0.1, 0.15) is 23.0 Å². The second kappa shape index (κ2) is 9.09. The summed E-state index contributed by atoms with van der Waals surface area (Å²) < 4.78 is 24.1. The van der Waals surface area contributed by atoms with E-state index in [1.165, 1.54) is 11.3 Å². The number of ketones is 1. The number of nitrogens with one attached hydrogen (secondary N) is 1. The molecule has 1 N–H and O–H groups in total. The van der Waals surface area contributed by atoms with E-state index in [1.54, 1.807) is 12.1 Å². The summed E-state index contributed by atoms with van der Waals surface area (Å²) in [6.45, 7) is 1.85. The second-order valence-corrected chi connectivity index (χ2v) is 8.71. The number of benzene rings is 2. The summed E-state index contributed by atoms with van der Waals surface area (Å²) >= 11 is 5.13. The third kappa shape index (κ3) is 4.70. The Labute approximate surface area is 181 Å². The molecule has 1 atom stereocenters. The number of hydrogen-bond acceptors (Lipinski definition) is 5. The quantitative estimate of drug-likeness (QED) is 0.378. The van der Waals surface area contributed by atoms with E-state index in [2.05, 4.69) is 4.72 Å². The van der Waals surface area contributed by atoms with Crippen LogP contribution < -0.4 is 9.62 Å². The summed E-state index contributed by atoms with van der Waals surface area (Å²) in [7, 11) is 3.89. The van der Waals surface area contributed by atoms with Crippen molar-refractivity contribution >= 4 is 51.4 Å². The largest absolute Gasteiger partial charge is 0.755 e. The molecule has 3 rings (SSSR count). The fourth-order valence-corrected chi connectivity index (χ4v) is 4.94. The van der Waals surface area contributed by atoms with Crippen molar-refractivity contribution in [1.29, 1.82) is 0 Å². The molecular weight excluding hydrogens is 428 g/mol. The predicted molar refractivity (Wildman–Crippen MR) is 122 cm³/mol. The van der Waals surface area contributed by atoms with Crippen molar-refractivity contribution < 1.29 is 13.6 Å². The Hall–Kier alpha value is -2.19. The minimum absolute atomic E-state index is 0.0659. The van der Waals surface area contributed by atoms with Crippen LogP contribution in [0.5, 0.6) is 0 Å². The van der Waals surface area contributed by atoms with Gasteiger partial charge in [-0.25, -0.2) is 0 Å². The Balaban J connectivity index is 2.22. The van der Waals surface area contributed by atoms with E-state index in [9.17, 15) is 13.6 Å². The van der Waals surface area contributed by atoms with Crippen molar-refractivity contribution in [3.63, 3.8) is 0 Å². The van der Waals surface area contributed by atoms with Gasteiger partial charge in [0, 0.05) is 48.1 Å². The summed E-state index contributed by atoms with van der Waals surface area (Å²) in [5, 5.41) is 0.653. The molecule has 0 radical (unpaired) electrons. The van der Waals surface area contributed by atoms with Gasteiger partial charge < -0.3 is 14.2 Å². The van der Waals surface area contributed by atoms with Gasteiger partial charge >= 0.3 is 0 Å². The molecule has 2 aromatic carbocycles. The summed E-state index contributed by atoms with van der Waals surface area (Å²) in [5.41, 5.74) is 4.10. The maximum atomic E-state index is 12.8. The standard InChI is InChI=1S/C21H21ClN2O3S2/c1-4-17(25)21-18(13-7-11-16(12-8-13)23-29(26)27)19(24(2)3)20(28-21)14-5-9-15(22)10-6-14/h5-12,23H,4H2,1-3H3,(H,26,27)/p-1. The smallest absolute Gasteiger partial charge is 0.173 e. The van der Waals surface area contributed by atoms with E-state index < -0.39 is 11.3 Å². The number of Topliss-reactive ketones (excluding diaryl/α,β-unsaturated/α-hetero) is 1. The highest BCUT2D eigenvalue weighted by atomic mass is 35.5. The van der Waals surface area contributed by atoms with Gasteiger partial charge in [-0.1, -0.05) is 42.8 Å². The summed E-state index contributed by atoms with van der Waals surface area (Å²) in [4.78, 5) is 16.4. The molecule has 29 heavy (non-hydrogen) atoms. The predicted octanol–water partition coefficient (Wildman–Crippen LogP) is 5.60. The van der Waals surface area contributed by atoms with Crippen LogP contribution in [0.2, 0.25) is 5.02 Å². The topological polar surface area (TPSA) is 72.5 Å². The summed E-state index contributed by atoms with van der Waals surface area (Å²) in [5.74, 6) is 0.0659. The first-order chi connectivity index (χ1) is 13.8. The van der Waals surface area contributed by atoms with Crippen molar-refractivity contribution in [2.75, 3.05) is 23.7 Å². The fourth-order valence-electron chi connectivity index (χ4n) is 3.07. The lowest BCUT2D eigenvalue weighted by atomic mass is 9.99. The molecule has 0 fully saturated rings. The highest BCUT2D eigenvalue weighted by molar-refractivity contribution is 7.80. The van der Waals surface area contributed by atoms with Gasteiger partial charge in [0.05, 0.1) is 15.4 Å². The van der Waals surface area contributed by atoms with Crippen molar-refractivity contribution in [2.45, 2.75) is 13.3 Å². The first-order valence-electron chi connectivity index (χ1n) is 8.91. The molecule has 8 heteroatoms. The number of rotatable bonds is 7. The fraction of sp³-hybridized carbons (Fsp3) is 0.190. The van der Waals surface area contributed by atoms with Crippen LogP contribution in [0.15, 0.2) is 48.5 Å². The average molecular weight is 448 g/mol. The molecule has 0 saturated carbocycles. The third-order valence-corrected chi connectivity index (χ3v) is 6.31. The maximum absolute atomic E-state index is 12.8. The zero-order valence-electron chi connectivity index (χ0n) is 16.2. The van der Waals surface area contributed by atoms with Crippen molar-refractivity contribution in [3.8, 4) is 21.6 Å². The van der Waals surface area contributed by atoms with E-state index in [4.69, 9.17) is 11.6 Å². The molecule has 1 aromatic heterocycles. The number of carbonyl (C=O) groups excluding carboxylic acids is 1. The number of carbonyl (C=O) groups is 1. The van der Waals surface area contributed by atoms with Crippen molar-refractivity contribution in [1.82, 2.24) is 0 Å². The first-order valence-corrected chi connectivity index (χ1v) is 11.2. The van der Waals surface area contributed by atoms with Crippen LogP contribution in [-0.4, -0.2) is 28.6 Å². The van der Waals surface area contributed by atoms with Gasteiger partial charge in [0.2, 0.25) is 0 Å². The molecular formula is C21H20ClN2O3S2-. The molecule has 1 heterocycles. The number of thiophene rings is 1. The lowest BCUT2D eigenvalue weighted by Crippen LogP contribution is -2.10. The highest BCUT2D eigenvalue weighted by Gasteiger charge is 2.25. The summed E-state index contributed by atoms with van der Waals surface area (Å²) in [6.07, 6.45) is 0.398. The van der Waals surface area contributed by atoms with Gasteiger partial charge in [-0.3, -0.25) is 9.00 Å². The molecule has 152 valence electrons. The maximum Gasteiger partial charge on any atom is 0.173 e. The van der Waals surface area contributed by atoms with E-state index in [0.29, 0.717) is 22.0 Å². The molecule has 5 nitrogen and oxygen atoms in total. The van der Waals surface area contributed by atoms with Gasteiger partial charge in [-0.2, -0.15) is 0 Å². The highest BCUT2D eigenvalue weighted by Crippen LogP contribution is 2.48. The number of nitrogens with zero attached hydrogens (tertiary/aromatic N) is 1. The van der Waals surface area contributed by atoms with Gasteiger partial charge in [-0.15, -0.1) is 11.3 Å². The molecule has 1 unspecified atom stereocenters. The lowest BCUT2D eigenvalue weighted by molar-refractivity contribution is 0.0992. The Morgan fingerprint density at radius 3 is 2.21 bits per heavy atom. The third-order valence-electron chi connectivity index (χ3n) is 4.39. The average Bonchev–Trinajstić information content (AvgIpc) is 3.09. The van der Waals surface area contributed by atoms with Crippen LogP contribution >= 0.6 is 22.9 Å². The summed E-state index contributed by atoms with van der Waals surface area (Å²) in [6, 6.07) is 14.6. The van der Waals surface area contributed by atoms with Gasteiger partial charge in [0.15, 0.2) is 5.78 Å². The lowest BCUT2D eigenvalue weighted by Gasteiger charge is -2.18. The van der Waals surface area contributed by atoms with Gasteiger partial charge in [0.25, 0.3) is 0 Å². The number of anilines is 2.